The lowest BCUT2D eigenvalue weighted by Crippen LogP contribution is -2.27. The first kappa shape index (κ1) is 25.9. The second kappa shape index (κ2) is 12.1. The molecule has 0 bridgehead atoms. The molecule has 9 nitrogen and oxygen atoms in total. The van der Waals surface area contributed by atoms with Crippen molar-refractivity contribution in [2.45, 2.75) is 46.0 Å². The Kier molecular flexibility index (Phi) is 9.26. The topological polar surface area (TPSA) is 119 Å². The number of hydrogen-bond donors (Lipinski definition) is 3. The van der Waals surface area contributed by atoms with E-state index in [4.69, 9.17) is 14.2 Å². The Morgan fingerprint density at radius 3 is 2.44 bits per heavy atom. The van der Waals surface area contributed by atoms with E-state index in [0.717, 1.165) is 36.1 Å². The molecule has 0 aliphatic heterocycles. The number of methoxy groups -OCH3 is 2. The number of thiophene rings is 1. The summed E-state index contributed by atoms with van der Waals surface area (Å²) in [6.07, 6.45) is 4.52. The van der Waals surface area contributed by atoms with Gasteiger partial charge in [0.25, 0.3) is 11.8 Å². The molecular weight excluding hydrogens is 458 g/mol. The summed E-state index contributed by atoms with van der Waals surface area (Å²) in [5.41, 5.74) is 3.23. The van der Waals surface area contributed by atoms with Gasteiger partial charge in [-0.3, -0.25) is 9.59 Å². The van der Waals surface area contributed by atoms with Crippen LogP contribution in [0.2, 0.25) is 0 Å². The van der Waals surface area contributed by atoms with Crippen molar-refractivity contribution in [1.82, 2.24) is 10.3 Å². The summed E-state index contributed by atoms with van der Waals surface area (Å²) in [6.45, 7) is 4.90. The number of fused-ring (bicyclic) bond motifs is 1. The van der Waals surface area contributed by atoms with E-state index >= 15 is 0 Å². The molecule has 3 rings (SSSR count). The molecule has 186 valence electrons. The quantitative estimate of drug-likeness (QED) is 0.328. The van der Waals surface area contributed by atoms with Crippen LogP contribution in [0.15, 0.2) is 0 Å². The minimum atomic E-state index is -0.509. The van der Waals surface area contributed by atoms with Gasteiger partial charge in [0, 0.05) is 37.9 Å². The van der Waals surface area contributed by atoms with Gasteiger partial charge in [-0.15, -0.1) is 11.3 Å². The van der Waals surface area contributed by atoms with Crippen molar-refractivity contribution in [2.24, 2.45) is 0 Å². The van der Waals surface area contributed by atoms with Crippen LogP contribution >= 0.6 is 11.3 Å². The van der Waals surface area contributed by atoms with Crippen LogP contribution < -0.4 is 10.6 Å². The third-order valence-corrected chi connectivity index (χ3v) is 7.03. The van der Waals surface area contributed by atoms with Gasteiger partial charge >= 0.3 is 5.97 Å². The van der Waals surface area contributed by atoms with Crippen molar-refractivity contribution < 1.29 is 28.6 Å². The van der Waals surface area contributed by atoms with Crippen LogP contribution in [0.4, 0.5) is 5.00 Å². The number of esters is 1. The zero-order valence-corrected chi connectivity index (χ0v) is 21.0. The Labute approximate surface area is 203 Å². The van der Waals surface area contributed by atoms with Crippen LogP contribution in [0.1, 0.15) is 72.2 Å². The lowest BCUT2D eigenvalue weighted by Gasteiger charge is -2.13. The van der Waals surface area contributed by atoms with Crippen molar-refractivity contribution in [3.05, 3.63) is 38.5 Å². The van der Waals surface area contributed by atoms with Gasteiger partial charge < -0.3 is 29.8 Å². The van der Waals surface area contributed by atoms with Crippen molar-refractivity contribution >= 4 is 34.1 Å². The summed E-state index contributed by atoms with van der Waals surface area (Å²) in [7, 11) is 3.15. The zero-order chi connectivity index (χ0) is 24.7. The highest BCUT2D eigenvalue weighted by Gasteiger charge is 2.28. The molecule has 2 aromatic rings. The molecule has 0 saturated heterocycles. The van der Waals surface area contributed by atoms with Gasteiger partial charge in [0.05, 0.1) is 17.7 Å². The maximum atomic E-state index is 13.2. The number of carbonyl (C=O) groups excluding carboxylic acids is 3. The number of carbonyl (C=O) groups is 3. The number of aromatic amines is 1. The SMILES string of the molecule is COCCCNC(=O)c1c(NC(=O)c2[nH]c(C)c(C(=O)OCCOC)c2C)sc2c1CCCC2. The van der Waals surface area contributed by atoms with E-state index in [1.165, 1.54) is 18.4 Å². The first-order valence-corrected chi connectivity index (χ1v) is 12.3. The lowest BCUT2D eigenvalue weighted by molar-refractivity contribution is 0.0386. The Hall–Kier alpha value is -2.69. The molecule has 1 aliphatic carbocycles. The number of H-pyrrole nitrogens is 1. The standard InChI is InChI=1S/C24H33N3O6S/c1-14-18(24(30)33-13-12-32-4)15(2)26-20(14)22(29)27-23-19(21(28)25-10-7-11-31-3)16-8-5-6-9-17(16)34-23/h26H,5-13H2,1-4H3,(H,25,28)(H,27,29). The smallest absolute Gasteiger partial charge is 0.340 e. The van der Waals surface area contributed by atoms with Crippen LogP contribution in [0.3, 0.4) is 0 Å². The molecule has 0 radical (unpaired) electrons. The molecule has 0 spiro atoms. The number of aromatic nitrogens is 1. The highest BCUT2D eigenvalue weighted by molar-refractivity contribution is 7.17. The van der Waals surface area contributed by atoms with Crippen LogP contribution in [0.25, 0.3) is 0 Å². The number of anilines is 1. The molecule has 0 atom stereocenters. The predicted molar refractivity (Wildman–Crippen MR) is 130 cm³/mol. The van der Waals surface area contributed by atoms with E-state index in [-0.39, 0.29) is 18.2 Å². The number of amides is 2. The van der Waals surface area contributed by atoms with Crippen LogP contribution in [-0.2, 0) is 27.1 Å². The Bertz CT molecular complexity index is 1040. The summed E-state index contributed by atoms with van der Waals surface area (Å²) in [6, 6.07) is 0. The van der Waals surface area contributed by atoms with Crippen molar-refractivity contribution in [1.29, 1.82) is 0 Å². The number of hydrogen-bond acceptors (Lipinski definition) is 7. The molecule has 2 aromatic heterocycles. The van der Waals surface area contributed by atoms with Gasteiger partial charge in [-0.2, -0.15) is 0 Å². The molecule has 1 aliphatic rings. The van der Waals surface area contributed by atoms with E-state index in [2.05, 4.69) is 15.6 Å². The summed E-state index contributed by atoms with van der Waals surface area (Å²) >= 11 is 1.46. The first-order valence-electron chi connectivity index (χ1n) is 11.5. The summed E-state index contributed by atoms with van der Waals surface area (Å²) in [5.74, 6) is -1.10. The molecule has 0 aromatic carbocycles. The van der Waals surface area contributed by atoms with Gasteiger partial charge in [-0.05, 0) is 57.1 Å². The van der Waals surface area contributed by atoms with Gasteiger partial charge in [0.2, 0.25) is 0 Å². The molecular formula is C24H33N3O6S. The fourth-order valence-corrected chi connectivity index (χ4v) is 5.42. The molecule has 34 heavy (non-hydrogen) atoms. The van der Waals surface area contributed by atoms with Crippen LogP contribution in [0, 0.1) is 13.8 Å². The number of rotatable bonds is 11. The molecule has 2 amide bonds. The van der Waals surface area contributed by atoms with Crippen molar-refractivity contribution in [3.63, 3.8) is 0 Å². The van der Waals surface area contributed by atoms with E-state index < -0.39 is 11.9 Å². The second-order valence-electron chi connectivity index (χ2n) is 8.23. The largest absolute Gasteiger partial charge is 0.460 e. The first-order chi connectivity index (χ1) is 16.4. The highest BCUT2D eigenvalue weighted by Crippen LogP contribution is 2.38. The van der Waals surface area contributed by atoms with E-state index in [0.29, 0.717) is 53.6 Å². The predicted octanol–water partition coefficient (Wildman–Crippen LogP) is 3.39. The summed E-state index contributed by atoms with van der Waals surface area (Å²) in [4.78, 5) is 42.9. The molecule has 2 heterocycles. The minimum Gasteiger partial charge on any atom is -0.460 e. The van der Waals surface area contributed by atoms with Crippen molar-refractivity contribution in [2.75, 3.05) is 45.9 Å². The third-order valence-electron chi connectivity index (χ3n) is 5.83. The number of nitrogens with one attached hydrogen (secondary N) is 3. The minimum absolute atomic E-state index is 0.129. The maximum Gasteiger partial charge on any atom is 0.340 e. The molecule has 10 heteroatoms. The molecule has 3 N–H and O–H groups in total. The summed E-state index contributed by atoms with van der Waals surface area (Å²) < 4.78 is 15.2. The van der Waals surface area contributed by atoms with Crippen LogP contribution in [0.5, 0.6) is 0 Å². The maximum absolute atomic E-state index is 13.2. The lowest BCUT2D eigenvalue weighted by atomic mass is 9.95. The average molecular weight is 492 g/mol. The Morgan fingerprint density at radius 2 is 1.71 bits per heavy atom. The molecule has 0 saturated carbocycles. The molecule has 0 unspecified atom stereocenters. The third kappa shape index (κ3) is 5.86. The van der Waals surface area contributed by atoms with Crippen LogP contribution in [-0.4, -0.2) is 63.4 Å². The van der Waals surface area contributed by atoms with E-state index in [1.54, 1.807) is 21.0 Å². The van der Waals surface area contributed by atoms with Gasteiger partial charge in [-0.1, -0.05) is 0 Å². The fourth-order valence-electron chi connectivity index (χ4n) is 4.14. The van der Waals surface area contributed by atoms with Crippen molar-refractivity contribution in [3.8, 4) is 0 Å². The number of ether oxygens (including phenoxy) is 3. The summed E-state index contributed by atoms with van der Waals surface area (Å²) in [5, 5.41) is 6.41. The number of aryl methyl sites for hydroxylation is 2. The zero-order valence-electron chi connectivity index (χ0n) is 20.2. The van der Waals surface area contributed by atoms with E-state index in [1.807, 2.05) is 0 Å². The van der Waals surface area contributed by atoms with Gasteiger partial charge in [0.15, 0.2) is 0 Å². The average Bonchev–Trinajstić information content (AvgIpc) is 3.32. The fraction of sp³-hybridized carbons (Fsp3) is 0.542. The van der Waals surface area contributed by atoms with Gasteiger partial charge in [-0.25, -0.2) is 4.79 Å². The highest BCUT2D eigenvalue weighted by atomic mass is 32.1. The second-order valence-corrected chi connectivity index (χ2v) is 9.33. The molecule has 0 fully saturated rings. The monoisotopic (exact) mass is 491 g/mol. The van der Waals surface area contributed by atoms with Gasteiger partial charge in [0.1, 0.15) is 17.3 Å². The Balaban J connectivity index is 1.82. The Morgan fingerprint density at radius 1 is 0.971 bits per heavy atom. The normalized spacial score (nSPS) is 12.8. The van der Waals surface area contributed by atoms with E-state index in [9.17, 15) is 14.4 Å².